The van der Waals surface area contributed by atoms with E-state index in [1.165, 1.54) is 30.5 Å². The van der Waals surface area contributed by atoms with E-state index in [9.17, 15) is 22.8 Å². The van der Waals surface area contributed by atoms with E-state index in [1.807, 2.05) is 0 Å². The molecule has 6 N–H and O–H groups in total. The molecular formula is C21H21F3N6O3. The number of aromatic nitrogens is 2. The van der Waals surface area contributed by atoms with Crippen LogP contribution in [0.25, 0.3) is 5.69 Å². The number of hydrogen-bond acceptors (Lipinski definition) is 6. The Hall–Kier alpha value is -4.22. The Bertz CT molecular complexity index is 1160. The summed E-state index contributed by atoms with van der Waals surface area (Å²) in [6.45, 7) is 1.88. The fraction of sp³-hybridized carbons (Fsp3) is 0.190. The maximum absolute atomic E-state index is 13.4. The topological polar surface area (TPSA) is 137 Å². The quantitative estimate of drug-likeness (QED) is 0.327. The summed E-state index contributed by atoms with van der Waals surface area (Å²) in [6.07, 6.45) is -2.18. The molecule has 0 saturated heterocycles. The van der Waals surface area contributed by atoms with Crippen LogP contribution in [-0.2, 0) is 17.5 Å². The molecule has 12 heteroatoms. The van der Waals surface area contributed by atoms with Crippen LogP contribution in [0.15, 0.2) is 48.9 Å². The third-order valence-corrected chi connectivity index (χ3v) is 4.53. The normalized spacial score (nSPS) is 11.2. The molecule has 33 heavy (non-hydrogen) atoms. The van der Waals surface area contributed by atoms with Crippen molar-refractivity contribution in [3.05, 3.63) is 65.7 Å². The van der Waals surface area contributed by atoms with Crippen LogP contribution < -0.4 is 22.1 Å². The first-order valence-corrected chi connectivity index (χ1v) is 9.70. The third kappa shape index (κ3) is 5.53. The SMILES string of the molecule is CCOC(=O)c1ccc(NC(=O)NCc2cn(-c3c(C(F)(F)F)ccc(N)c3N)cn2)cc1. The Morgan fingerprint density at radius 3 is 2.45 bits per heavy atom. The van der Waals surface area contributed by atoms with Gasteiger partial charge in [0.25, 0.3) is 0 Å². The number of hydrogen-bond donors (Lipinski definition) is 4. The number of nitrogen functional groups attached to an aromatic ring is 2. The molecule has 0 radical (unpaired) electrons. The van der Waals surface area contributed by atoms with Gasteiger partial charge >= 0.3 is 18.2 Å². The number of esters is 1. The zero-order valence-electron chi connectivity index (χ0n) is 17.4. The Morgan fingerprint density at radius 1 is 1.12 bits per heavy atom. The van der Waals surface area contributed by atoms with E-state index in [0.29, 0.717) is 11.3 Å². The minimum Gasteiger partial charge on any atom is -0.462 e. The standard InChI is InChI=1S/C21H21F3N6O3/c1-2-33-19(31)12-3-5-13(6-4-12)29-20(32)27-9-14-10-30(11-28-14)18-15(21(22,23)24)7-8-16(25)17(18)26/h3-8,10-11H,2,9,25-26H2,1H3,(H2,27,29,32). The molecule has 9 nitrogen and oxygen atoms in total. The number of urea groups is 1. The van der Waals surface area contributed by atoms with E-state index in [-0.39, 0.29) is 35.9 Å². The summed E-state index contributed by atoms with van der Waals surface area (Å²) in [5, 5.41) is 5.12. The number of ether oxygens (including phenoxy) is 1. The summed E-state index contributed by atoms with van der Waals surface area (Å²) in [5.41, 5.74) is 11.0. The van der Waals surface area contributed by atoms with Crippen LogP contribution in [-0.4, -0.2) is 28.2 Å². The molecule has 2 amide bonds. The van der Waals surface area contributed by atoms with Gasteiger partial charge in [-0.2, -0.15) is 13.2 Å². The van der Waals surface area contributed by atoms with Gasteiger partial charge in [-0.25, -0.2) is 14.6 Å². The molecule has 0 aliphatic rings. The lowest BCUT2D eigenvalue weighted by molar-refractivity contribution is -0.137. The first-order chi connectivity index (χ1) is 15.6. The number of halogens is 3. The number of nitrogens with two attached hydrogens (primary N) is 2. The van der Waals surface area contributed by atoms with Gasteiger partial charge in [-0.05, 0) is 43.3 Å². The Morgan fingerprint density at radius 2 is 1.82 bits per heavy atom. The van der Waals surface area contributed by atoms with Crippen molar-refractivity contribution in [3.8, 4) is 5.69 Å². The molecule has 0 unspecified atom stereocenters. The Balaban J connectivity index is 1.66. The Kier molecular flexibility index (Phi) is 6.75. The highest BCUT2D eigenvalue weighted by atomic mass is 19.4. The minimum absolute atomic E-state index is 0.000252. The fourth-order valence-corrected chi connectivity index (χ4v) is 2.96. The lowest BCUT2D eigenvalue weighted by Crippen LogP contribution is -2.28. The van der Waals surface area contributed by atoms with Crippen molar-refractivity contribution in [2.75, 3.05) is 23.4 Å². The summed E-state index contributed by atoms with van der Waals surface area (Å²) < 4.78 is 46.2. The van der Waals surface area contributed by atoms with Gasteiger partial charge in [-0.3, -0.25) is 0 Å². The number of amides is 2. The smallest absolute Gasteiger partial charge is 0.418 e. The van der Waals surface area contributed by atoms with Crippen LogP contribution in [0.4, 0.5) is 35.0 Å². The number of alkyl halides is 3. The van der Waals surface area contributed by atoms with E-state index in [1.54, 1.807) is 6.92 Å². The van der Waals surface area contributed by atoms with Crippen LogP contribution in [0.3, 0.4) is 0 Å². The summed E-state index contributed by atoms with van der Waals surface area (Å²) >= 11 is 0. The minimum atomic E-state index is -4.65. The molecule has 0 spiro atoms. The largest absolute Gasteiger partial charge is 0.462 e. The molecule has 0 bridgehead atoms. The maximum atomic E-state index is 13.4. The van der Waals surface area contributed by atoms with Crippen molar-refractivity contribution in [3.63, 3.8) is 0 Å². The van der Waals surface area contributed by atoms with Crippen molar-refractivity contribution in [1.82, 2.24) is 14.9 Å². The molecule has 2 aromatic carbocycles. The average molecular weight is 462 g/mol. The molecule has 3 aromatic rings. The van der Waals surface area contributed by atoms with Crippen molar-refractivity contribution in [2.24, 2.45) is 0 Å². The third-order valence-electron chi connectivity index (χ3n) is 4.53. The van der Waals surface area contributed by atoms with Gasteiger partial charge in [0.2, 0.25) is 0 Å². The summed E-state index contributed by atoms with van der Waals surface area (Å²) in [4.78, 5) is 27.8. The van der Waals surface area contributed by atoms with Crippen molar-refractivity contribution in [1.29, 1.82) is 0 Å². The molecule has 1 heterocycles. The molecule has 0 aliphatic carbocycles. The van der Waals surface area contributed by atoms with Crippen LogP contribution in [0, 0.1) is 0 Å². The molecule has 0 fully saturated rings. The highest BCUT2D eigenvalue weighted by molar-refractivity contribution is 5.92. The molecule has 0 saturated carbocycles. The molecule has 0 atom stereocenters. The second kappa shape index (κ2) is 9.51. The highest BCUT2D eigenvalue weighted by Crippen LogP contribution is 2.38. The van der Waals surface area contributed by atoms with E-state index in [4.69, 9.17) is 16.2 Å². The lowest BCUT2D eigenvalue weighted by Gasteiger charge is -2.16. The van der Waals surface area contributed by atoms with E-state index < -0.39 is 23.7 Å². The first-order valence-electron chi connectivity index (χ1n) is 9.70. The second-order valence-corrected chi connectivity index (χ2v) is 6.84. The predicted molar refractivity (Wildman–Crippen MR) is 116 cm³/mol. The fourth-order valence-electron chi connectivity index (χ4n) is 2.96. The van der Waals surface area contributed by atoms with Crippen LogP contribution in [0.1, 0.15) is 28.5 Å². The van der Waals surface area contributed by atoms with Crippen LogP contribution >= 0.6 is 0 Å². The number of nitrogens with one attached hydrogen (secondary N) is 2. The maximum Gasteiger partial charge on any atom is 0.418 e. The first kappa shape index (κ1) is 23.4. The van der Waals surface area contributed by atoms with Gasteiger partial charge < -0.3 is 31.4 Å². The molecule has 3 rings (SSSR count). The van der Waals surface area contributed by atoms with Crippen LogP contribution in [0.2, 0.25) is 0 Å². The lowest BCUT2D eigenvalue weighted by atomic mass is 10.1. The van der Waals surface area contributed by atoms with E-state index in [0.717, 1.165) is 23.0 Å². The number of rotatable bonds is 6. The Labute approximate surface area is 186 Å². The van der Waals surface area contributed by atoms with Gasteiger partial charge in [-0.1, -0.05) is 0 Å². The predicted octanol–water partition coefficient (Wildman–Crippen LogP) is 3.55. The van der Waals surface area contributed by atoms with Gasteiger partial charge in [-0.15, -0.1) is 0 Å². The number of imidazole rings is 1. The van der Waals surface area contributed by atoms with Gasteiger partial charge in [0, 0.05) is 11.9 Å². The van der Waals surface area contributed by atoms with E-state index in [2.05, 4.69) is 15.6 Å². The molecule has 1 aromatic heterocycles. The molecular weight excluding hydrogens is 441 g/mol. The monoisotopic (exact) mass is 462 g/mol. The molecule has 174 valence electrons. The molecule has 0 aliphatic heterocycles. The summed E-state index contributed by atoms with van der Waals surface area (Å²) in [6, 6.07) is 7.42. The second-order valence-electron chi connectivity index (χ2n) is 6.84. The summed E-state index contributed by atoms with van der Waals surface area (Å²) in [5.74, 6) is -0.474. The number of carbonyl (C=O) groups is 2. The van der Waals surface area contributed by atoms with Gasteiger partial charge in [0.15, 0.2) is 0 Å². The number of anilines is 3. The van der Waals surface area contributed by atoms with E-state index >= 15 is 0 Å². The zero-order chi connectivity index (χ0) is 24.2. The van der Waals surface area contributed by atoms with Gasteiger partial charge in [0.05, 0.1) is 53.4 Å². The van der Waals surface area contributed by atoms with Crippen molar-refractivity contribution >= 4 is 29.1 Å². The number of benzene rings is 2. The van der Waals surface area contributed by atoms with Crippen LogP contribution in [0.5, 0.6) is 0 Å². The summed E-state index contributed by atoms with van der Waals surface area (Å²) in [7, 11) is 0. The average Bonchev–Trinajstić information content (AvgIpc) is 3.22. The highest BCUT2D eigenvalue weighted by Gasteiger charge is 2.35. The van der Waals surface area contributed by atoms with Crippen molar-refractivity contribution in [2.45, 2.75) is 19.6 Å². The van der Waals surface area contributed by atoms with Crippen molar-refractivity contribution < 1.29 is 27.5 Å². The number of nitrogens with zero attached hydrogens (tertiary/aromatic N) is 2. The number of carbonyl (C=O) groups excluding carboxylic acids is 2. The zero-order valence-corrected chi connectivity index (χ0v) is 17.4. The van der Waals surface area contributed by atoms with Gasteiger partial charge in [0.1, 0.15) is 0 Å².